The number of nitrogens with zero attached hydrogens (tertiary/aromatic N) is 2. The molecule has 0 aromatic heterocycles. The number of hydrogen-bond donors (Lipinski definition) is 2. The zero-order valence-corrected chi connectivity index (χ0v) is 22.1. The largest absolute Gasteiger partial charge is 0.484 e. The van der Waals surface area contributed by atoms with Crippen LogP contribution in [-0.4, -0.2) is 85.8 Å². The first-order valence-electron chi connectivity index (χ1n) is 12.5. The number of nitrogens with one attached hydrogen (secondary N) is 2. The van der Waals surface area contributed by atoms with Gasteiger partial charge in [-0.05, 0) is 109 Å². The summed E-state index contributed by atoms with van der Waals surface area (Å²) < 4.78 is 5.46. The Morgan fingerprint density at radius 3 is 1.51 bits per heavy atom. The van der Waals surface area contributed by atoms with Gasteiger partial charge >= 0.3 is 0 Å². The fraction of sp³-hybridized carbons (Fsp3) is 0.654. The molecule has 0 radical (unpaired) electrons. The molecule has 0 bridgehead atoms. The summed E-state index contributed by atoms with van der Waals surface area (Å²) in [5, 5.41) is 5.56. The lowest BCUT2D eigenvalue weighted by Gasteiger charge is -2.33. The smallest absolute Gasteiger partial charge is 0.259 e. The monoisotopic (exact) mass is 506 g/mol. The summed E-state index contributed by atoms with van der Waals surface area (Å²) in [6.45, 7) is -0.337. The van der Waals surface area contributed by atoms with Gasteiger partial charge in [0.2, 0.25) is 0 Å². The SMILES string of the molecule is CN(C)[C@H]1CC[C@H](NC(=O)c2cc(OCC(=O)Cl)cc(C(=O)N[C@H]3CC[C@H](N(C)C)CC3)c2)CC1. The van der Waals surface area contributed by atoms with Gasteiger partial charge in [0.15, 0.2) is 6.61 Å². The van der Waals surface area contributed by atoms with Crippen LogP contribution >= 0.6 is 11.6 Å². The molecule has 2 amide bonds. The molecule has 0 spiro atoms. The average Bonchev–Trinajstić information content (AvgIpc) is 2.83. The van der Waals surface area contributed by atoms with Crippen molar-refractivity contribution < 1.29 is 19.1 Å². The van der Waals surface area contributed by atoms with E-state index in [0.29, 0.717) is 23.2 Å². The summed E-state index contributed by atoms with van der Waals surface area (Å²) in [5.74, 6) is -0.229. The van der Waals surface area contributed by atoms with Crippen LogP contribution in [0.2, 0.25) is 0 Å². The van der Waals surface area contributed by atoms with E-state index in [1.165, 1.54) is 0 Å². The average molecular weight is 507 g/mol. The zero-order chi connectivity index (χ0) is 25.5. The third kappa shape index (κ3) is 8.19. The van der Waals surface area contributed by atoms with Crippen LogP contribution in [0.25, 0.3) is 0 Å². The van der Waals surface area contributed by atoms with Crippen LogP contribution in [0.5, 0.6) is 5.75 Å². The molecular weight excluding hydrogens is 468 g/mol. The van der Waals surface area contributed by atoms with Crippen molar-refractivity contribution in [3.63, 3.8) is 0 Å². The summed E-state index contributed by atoms with van der Waals surface area (Å²) in [7, 11) is 8.34. The molecular formula is C26H39ClN4O4. The minimum absolute atomic E-state index is 0.0943. The molecule has 2 fully saturated rings. The van der Waals surface area contributed by atoms with Crippen LogP contribution in [0.3, 0.4) is 0 Å². The lowest BCUT2D eigenvalue weighted by molar-refractivity contribution is -0.113. The van der Waals surface area contributed by atoms with E-state index in [1.807, 2.05) is 0 Å². The first-order valence-corrected chi connectivity index (χ1v) is 12.9. The van der Waals surface area contributed by atoms with Gasteiger partial charge in [-0.25, -0.2) is 0 Å². The number of carbonyl (C=O) groups is 3. The molecule has 0 aliphatic heterocycles. The van der Waals surface area contributed by atoms with Crippen LogP contribution < -0.4 is 15.4 Å². The number of benzene rings is 1. The molecule has 2 aliphatic rings. The number of hydrogen-bond acceptors (Lipinski definition) is 6. The maximum atomic E-state index is 13.1. The molecule has 3 rings (SSSR count). The summed E-state index contributed by atoms with van der Waals surface area (Å²) >= 11 is 5.43. The molecule has 194 valence electrons. The molecule has 1 aromatic carbocycles. The van der Waals surface area contributed by atoms with E-state index in [-0.39, 0.29) is 36.3 Å². The summed E-state index contributed by atoms with van der Waals surface area (Å²) in [5.41, 5.74) is 0.668. The first kappa shape index (κ1) is 27.4. The van der Waals surface area contributed by atoms with Gasteiger partial charge < -0.3 is 25.2 Å². The topological polar surface area (TPSA) is 91.0 Å². The highest BCUT2D eigenvalue weighted by molar-refractivity contribution is 6.63. The summed E-state index contributed by atoms with van der Waals surface area (Å²) in [6.07, 6.45) is 7.77. The van der Waals surface area contributed by atoms with Crippen molar-refractivity contribution in [1.82, 2.24) is 20.4 Å². The summed E-state index contributed by atoms with van der Waals surface area (Å²) in [6, 6.07) is 5.97. The van der Waals surface area contributed by atoms with Crippen LogP contribution in [0.1, 0.15) is 72.1 Å². The second kappa shape index (κ2) is 12.7. The van der Waals surface area contributed by atoms with Crippen molar-refractivity contribution in [2.45, 2.75) is 75.5 Å². The van der Waals surface area contributed by atoms with Gasteiger partial charge in [-0.15, -0.1) is 0 Å². The van der Waals surface area contributed by atoms with E-state index in [2.05, 4.69) is 48.6 Å². The van der Waals surface area contributed by atoms with Gasteiger partial charge in [0.25, 0.3) is 17.1 Å². The van der Waals surface area contributed by atoms with E-state index in [1.54, 1.807) is 18.2 Å². The minimum atomic E-state index is -0.652. The summed E-state index contributed by atoms with van der Waals surface area (Å²) in [4.78, 5) is 41.8. The predicted octanol–water partition coefficient (Wildman–Crippen LogP) is 3.04. The molecule has 0 atom stereocenters. The Labute approximate surface area is 213 Å². The van der Waals surface area contributed by atoms with Crippen LogP contribution in [0.4, 0.5) is 0 Å². The zero-order valence-electron chi connectivity index (χ0n) is 21.3. The molecule has 0 unspecified atom stereocenters. The molecule has 0 heterocycles. The highest BCUT2D eigenvalue weighted by Gasteiger charge is 2.26. The van der Waals surface area contributed by atoms with E-state index < -0.39 is 5.24 Å². The van der Waals surface area contributed by atoms with E-state index in [9.17, 15) is 14.4 Å². The third-order valence-corrected chi connectivity index (χ3v) is 7.42. The maximum Gasteiger partial charge on any atom is 0.259 e. The number of halogens is 1. The maximum absolute atomic E-state index is 13.1. The Bertz CT molecular complexity index is 831. The van der Waals surface area contributed by atoms with Crippen molar-refractivity contribution in [3.8, 4) is 5.75 Å². The van der Waals surface area contributed by atoms with E-state index in [4.69, 9.17) is 16.3 Å². The van der Waals surface area contributed by atoms with Crippen molar-refractivity contribution >= 4 is 28.7 Å². The van der Waals surface area contributed by atoms with Crippen LogP contribution in [0, 0.1) is 0 Å². The number of ether oxygens (including phenoxy) is 1. The van der Waals surface area contributed by atoms with Crippen molar-refractivity contribution in [3.05, 3.63) is 29.3 Å². The van der Waals surface area contributed by atoms with E-state index >= 15 is 0 Å². The first-order chi connectivity index (χ1) is 16.6. The second-order valence-electron chi connectivity index (χ2n) is 10.3. The van der Waals surface area contributed by atoms with Crippen molar-refractivity contribution in [2.24, 2.45) is 0 Å². The molecule has 2 N–H and O–H groups in total. The molecule has 2 aliphatic carbocycles. The fourth-order valence-electron chi connectivity index (χ4n) is 5.10. The highest BCUT2D eigenvalue weighted by Crippen LogP contribution is 2.25. The standard InChI is InChI=1S/C26H39ClN4O4/c1-30(2)21-9-5-19(6-10-21)28-25(33)17-13-18(15-23(14-17)35-16-24(27)32)26(34)29-20-7-11-22(12-8-20)31(3)4/h13-15,19-22H,5-12,16H2,1-4H3,(H,28,33)(H,29,34)/t19-,20-,21-,22-. The molecule has 9 heteroatoms. The quantitative estimate of drug-likeness (QED) is 0.500. The van der Waals surface area contributed by atoms with Crippen molar-refractivity contribution in [1.29, 1.82) is 0 Å². The van der Waals surface area contributed by atoms with Crippen molar-refractivity contribution in [2.75, 3.05) is 34.8 Å². The van der Waals surface area contributed by atoms with Gasteiger partial charge in [-0.1, -0.05) is 0 Å². The number of amides is 2. The Morgan fingerprint density at radius 2 is 1.17 bits per heavy atom. The van der Waals surface area contributed by atoms with Gasteiger partial charge in [0.05, 0.1) is 0 Å². The third-order valence-electron chi connectivity index (χ3n) is 7.31. The lowest BCUT2D eigenvalue weighted by atomic mass is 9.90. The molecule has 35 heavy (non-hydrogen) atoms. The molecule has 8 nitrogen and oxygen atoms in total. The highest BCUT2D eigenvalue weighted by atomic mass is 35.5. The minimum Gasteiger partial charge on any atom is -0.484 e. The normalized spacial score (nSPS) is 24.8. The fourth-order valence-corrected chi connectivity index (χ4v) is 5.15. The Kier molecular flexibility index (Phi) is 9.95. The van der Waals surface area contributed by atoms with Gasteiger partial charge in [-0.3, -0.25) is 14.4 Å². The van der Waals surface area contributed by atoms with Crippen LogP contribution in [0.15, 0.2) is 18.2 Å². The van der Waals surface area contributed by atoms with Gasteiger partial charge in [-0.2, -0.15) is 0 Å². The predicted molar refractivity (Wildman–Crippen MR) is 137 cm³/mol. The van der Waals surface area contributed by atoms with Gasteiger partial charge in [0, 0.05) is 35.3 Å². The Balaban J connectivity index is 1.68. The Morgan fingerprint density at radius 1 is 0.771 bits per heavy atom. The van der Waals surface area contributed by atoms with Gasteiger partial charge in [0.1, 0.15) is 5.75 Å². The lowest BCUT2D eigenvalue weighted by Crippen LogP contribution is -2.42. The number of carbonyl (C=O) groups excluding carboxylic acids is 3. The molecule has 1 aromatic rings. The number of rotatable bonds is 9. The van der Waals surface area contributed by atoms with Crippen LogP contribution in [-0.2, 0) is 4.79 Å². The second-order valence-corrected chi connectivity index (χ2v) is 10.7. The Hall–Kier alpha value is -2.16. The van der Waals surface area contributed by atoms with E-state index in [0.717, 1.165) is 51.4 Å². The molecule has 0 saturated heterocycles. The molecule has 2 saturated carbocycles.